The van der Waals surface area contributed by atoms with Gasteiger partial charge in [0.15, 0.2) is 11.6 Å². The van der Waals surface area contributed by atoms with Crippen molar-refractivity contribution >= 4 is 23.4 Å². The maximum atomic E-state index is 13.5. The van der Waals surface area contributed by atoms with Crippen molar-refractivity contribution in [2.75, 3.05) is 66.5 Å². The summed E-state index contributed by atoms with van der Waals surface area (Å²) in [6.45, 7) is 6.71. The molecule has 1 aromatic rings. The number of phenolic OH excluding ortho intramolecular Hbond substituents is 1. The predicted molar refractivity (Wildman–Crippen MR) is 158 cm³/mol. The number of ketones is 2. The molecule has 3 aliphatic rings. The van der Waals surface area contributed by atoms with Gasteiger partial charge in [0, 0.05) is 81.9 Å². The number of benzene rings is 1. The Balaban J connectivity index is 1.30. The molecule has 0 atom stereocenters. The molecule has 2 fully saturated rings. The number of phenols is 1. The van der Waals surface area contributed by atoms with Gasteiger partial charge in [-0.25, -0.2) is 0 Å². The first-order chi connectivity index (χ1) is 19.8. The summed E-state index contributed by atoms with van der Waals surface area (Å²) in [4.78, 5) is 60.4. The Hall–Kier alpha value is -3.04. The standard InChI is InChI=1S/C32H46N4O5/c1-33-16-20-35(21-17-33)28(38)14-7-3-5-10-24-25(32(41)30-26(31(24)40)12-9-13-27(30)37)11-6-4-8-15-29(39)36-22-18-34(2)19-23-36/h9,12-13,37H,3-8,10-11,14-23H2,1-2H3. The first-order valence-electron chi connectivity index (χ1n) is 15.3. The number of piperazine rings is 2. The van der Waals surface area contributed by atoms with Crippen LogP contribution in [0.3, 0.4) is 0 Å². The second-order valence-corrected chi connectivity index (χ2v) is 11.8. The smallest absolute Gasteiger partial charge is 0.222 e. The minimum absolute atomic E-state index is 0.110. The van der Waals surface area contributed by atoms with Crippen LogP contribution in [0.15, 0.2) is 29.3 Å². The predicted octanol–water partition coefficient (Wildman–Crippen LogP) is 3.52. The zero-order valence-electron chi connectivity index (χ0n) is 24.8. The summed E-state index contributed by atoms with van der Waals surface area (Å²) >= 11 is 0. The van der Waals surface area contributed by atoms with Crippen LogP contribution in [0.4, 0.5) is 0 Å². The number of rotatable bonds is 12. The molecule has 2 heterocycles. The van der Waals surface area contributed by atoms with Gasteiger partial charge in [-0.3, -0.25) is 19.2 Å². The van der Waals surface area contributed by atoms with E-state index in [2.05, 4.69) is 23.9 Å². The Morgan fingerprint density at radius 2 is 1.12 bits per heavy atom. The van der Waals surface area contributed by atoms with E-state index in [1.54, 1.807) is 12.1 Å². The first-order valence-corrected chi connectivity index (χ1v) is 15.3. The third-order valence-electron chi connectivity index (χ3n) is 8.77. The maximum absolute atomic E-state index is 13.5. The van der Waals surface area contributed by atoms with Gasteiger partial charge in [-0.05, 0) is 58.7 Å². The van der Waals surface area contributed by atoms with E-state index in [0.29, 0.717) is 43.3 Å². The molecule has 0 bridgehead atoms. The molecule has 1 aromatic carbocycles. The van der Waals surface area contributed by atoms with E-state index < -0.39 is 0 Å². The molecular formula is C32H46N4O5. The van der Waals surface area contributed by atoms with Gasteiger partial charge in [0.25, 0.3) is 0 Å². The van der Waals surface area contributed by atoms with Crippen LogP contribution in [0.2, 0.25) is 0 Å². The third kappa shape index (κ3) is 8.04. The molecule has 4 rings (SSSR count). The molecule has 1 N–H and O–H groups in total. The van der Waals surface area contributed by atoms with Gasteiger partial charge < -0.3 is 24.7 Å². The van der Waals surface area contributed by atoms with Gasteiger partial charge in [-0.1, -0.05) is 25.0 Å². The van der Waals surface area contributed by atoms with Crippen LogP contribution < -0.4 is 0 Å². The summed E-state index contributed by atoms with van der Waals surface area (Å²) in [6, 6.07) is 4.67. The number of fused-ring (bicyclic) bond motifs is 1. The lowest BCUT2D eigenvalue weighted by atomic mass is 9.80. The fourth-order valence-electron chi connectivity index (χ4n) is 6.02. The van der Waals surface area contributed by atoms with Crippen LogP contribution in [0.25, 0.3) is 0 Å². The summed E-state index contributed by atoms with van der Waals surface area (Å²) in [6.07, 6.45) is 6.48. The summed E-state index contributed by atoms with van der Waals surface area (Å²) in [5, 5.41) is 10.4. The van der Waals surface area contributed by atoms with Gasteiger partial charge in [0.2, 0.25) is 11.8 Å². The van der Waals surface area contributed by atoms with Gasteiger partial charge in [-0.15, -0.1) is 0 Å². The third-order valence-corrected chi connectivity index (χ3v) is 8.77. The Kier molecular flexibility index (Phi) is 11.1. The summed E-state index contributed by atoms with van der Waals surface area (Å²) in [5.41, 5.74) is 1.44. The van der Waals surface area contributed by atoms with Crippen molar-refractivity contribution in [3.8, 4) is 5.75 Å². The van der Waals surface area contributed by atoms with Crippen LogP contribution in [0, 0.1) is 0 Å². The number of carbonyl (C=O) groups is 4. The van der Waals surface area contributed by atoms with Crippen molar-refractivity contribution in [1.29, 1.82) is 0 Å². The second-order valence-electron chi connectivity index (χ2n) is 11.8. The highest BCUT2D eigenvalue weighted by Gasteiger charge is 2.33. The topological polar surface area (TPSA) is 101 Å². The molecule has 1 aliphatic carbocycles. The normalized spacial score (nSPS) is 18.7. The molecule has 9 nitrogen and oxygen atoms in total. The van der Waals surface area contributed by atoms with Crippen molar-refractivity contribution in [3.63, 3.8) is 0 Å². The minimum Gasteiger partial charge on any atom is -0.507 e. The summed E-state index contributed by atoms with van der Waals surface area (Å²) < 4.78 is 0. The number of allylic oxidation sites excluding steroid dienone is 2. The molecule has 0 aromatic heterocycles. The highest BCUT2D eigenvalue weighted by Crippen LogP contribution is 2.36. The van der Waals surface area contributed by atoms with Crippen molar-refractivity contribution in [1.82, 2.24) is 19.6 Å². The van der Waals surface area contributed by atoms with Gasteiger partial charge in [0.05, 0.1) is 5.56 Å². The highest BCUT2D eigenvalue weighted by atomic mass is 16.3. The maximum Gasteiger partial charge on any atom is 0.222 e. The molecule has 224 valence electrons. The fourth-order valence-corrected chi connectivity index (χ4v) is 6.02. The Morgan fingerprint density at radius 3 is 1.61 bits per heavy atom. The van der Waals surface area contributed by atoms with Gasteiger partial charge in [0.1, 0.15) is 5.75 Å². The first kappa shape index (κ1) is 30.9. The van der Waals surface area contributed by atoms with Crippen LogP contribution in [-0.2, 0) is 9.59 Å². The quantitative estimate of drug-likeness (QED) is 0.387. The van der Waals surface area contributed by atoms with Crippen LogP contribution in [0.5, 0.6) is 5.75 Å². The molecular weight excluding hydrogens is 520 g/mol. The molecule has 41 heavy (non-hydrogen) atoms. The van der Waals surface area contributed by atoms with Crippen molar-refractivity contribution < 1.29 is 24.3 Å². The highest BCUT2D eigenvalue weighted by molar-refractivity contribution is 6.27. The number of nitrogens with zero attached hydrogens (tertiary/aromatic N) is 4. The Morgan fingerprint density at radius 1 is 0.659 bits per heavy atom. The zero-order valence-corrected chi connectivity index (χ0v) is 24.8. The molecule has 0 unspecified atom stereocenters. The number of amides is 2. The van der Waals surface area contributed by atoms with Gasteiger partial charge in [-0.2, -0.15) is 0 Å². The SMILES string of the molecule is CN1CCN(C(=O)CCCCCC2=C(CCCCCC(=O)N3CCN(C)CC3)C(=O)c3c(O)cccc3C2=O)CC1. The number of unbranched alkanes of at least 4 members (excludes halogenated alkanes) is 4. The average Bonchev–Trinajstić information content (AvgIpc) is 2.96. The zero-order chi connectivity index (χ0) is 29.4. The van der Waals surface area contributed by atoms with E-state index in [-0.39, 0.29) is 40.3 Å². The average molecular weight is 567 g/mol. The van der Waals surface area contributed by atoms with Crippen molar-refractivity contribution in [2.45, 2.75) is 64.2 Å². The largest absolute Gasteiger partial charge is 0.507 e. The number of carbonyl (C=O) groups excluding carboxylic acids is 4. The van der Waals surface area contributed by atoms with Crippen LogP contribution in [-0.4, -0.2) is 115 Å². The number of aromatic hydroxyl groups is 1. The second kappa shape index (κ2) is 14.7. The lowest BCUT2D eigenvalue weighted by molar-refractivity contribution is -0.133. The lowest BCUT2D eigenvalue weighted by Gasteiger charge is -2.32. The van der Waals surface area contributed by atoms with Crippen molar-refractivity contribution in [2.24, 2.45) is 0 Å². The Labute approximate surface area is 244 Å². The molecule has 2 aliphatic heterocycles. The molecule has 9 heteroatoms. The molecule has 2 amide bonds. The Bertz CT molecular complexity index is 1150. The minimum atomic E-state index is -0.258. The number of hydrogen-bond acceptors (Lipinski definition) is 7. The van der Waals surface area contributed by atoms with E-state index in [1.807, 2.05) is 9.80 Å². The summed E-state index contributed by atoms with van der Waals surface area (Å²) in [5.74, 6) is -0.211. The lowest BCUT2D eigenvalue weighted by Crippen LogP contribution is -2.47. The molecule has 0 saturated carbocycles. The number of Topliss-reactive ketones (excluding diaryl/α,β-unsaturated/α-hetero) is 2. The fraction of sp³-hybridized carbons (Fsp3) is 0.625. The van der Waals surface area contributed by atoms with Crippen LogP contribution in [0.1, 0.15) is 84.9 Å². The van der Waals surface area contributed by atoms with Crippen LogP contribution >= 0.6 is 0 Å². The number of hydrogen-bond donors (Lipinski definition) is 1. The number of likely N-dealkylation sites (N-methyl/N-ethyl adjacent to an activating group) is 2. The van der Waals surface area contributed by atoms with E-state index >= 15 is 0 Å². The van der Waals surface area contributed by atoms with E-state index in [4.69, 9.17) is 0 Å². The monoisotopic (exact) mass is 566 g/mol. The van der Waals surface area contributed by atoms with Gasteiger partial charge >= 0.3 is 0 Å². The molecule has 2 saturated heterocycles. The molecule has 0 radical (unpaired) electrons. The van der Waals surface area contributed by atoms with Crippen molar-refractivity contribution in [3.05, 3.63) is 40.5 Å². The summed E-state index contributed by atoms with van der Waals surface area (Å²) in [7, 11) is 4.13. The van der Waals surface area contributed by atoms with E-state index in [1.165, 1.54) is 6.07 Å². The molecule has 0 spiro atoms. The van der Waals surface area contributed by atoms with E-state index in [9.17, 15) is 24.3 Å². The van der Waals surface area contributed by atoms with E-state index in [0.717, 1.165) is 84.5 Å².